The van der Waals surface area contributed by atoms with E-state index >= 15 is 0 Å². The zero-order valence-electron chi connectivity index (χ0n) is 13.8. The summed E-state index contributed by atoms with van der Waals surface area (Å²) in [4.78, 5) is 23.3. The molecule has 1 atom stereocenters. The van der Waals surface area contributed by atoms with Gasteiger partial charge < -0.3 is 9.47 Å². The van der Waals surface area contributed by atoms with Gasteiger partial charge in [-0.2, -0.15) is 0 Å². The molecule has 0 N–H and O–H groups in total. The number of aromatic nitrogens is 3. The molecule has 1 aliphatic heterocycles. The minimum Gasteiger partial charge on any atom is -0.342 e. The van der Waals surface area contributed by atoms with E-state index in [9.17, 15) is 4.79 Å². The second-order valence-corrected chi connectivity index (χ2v) is 7.46. The van der Waals surface area contributed by atoms with Gasteiger partial charge in [0, 0.05) is 38.7 Å². The van der Waals surface area contributed by atoms with E-state index in [4.69, 9.17) is 4.98 Å². The molecular weight excluding hydrogens is 276 g/mol. The monoisotopic (exact) mass is 300 g/mol. The first kappa shape index (κ1) is 15.0. The van der Waals surface area contributed by atoms with E-state index in [1.54, 1.807) is 6.20 Å². The molecular formula is C17H24N4O. The normalized spacial score (nSPS) is 19.1. The quantitative estimate of drug-likeness (QED) is 0.857. The molecule has 0 radical (unpaired) electrons. The summed E-state index contributed by atoms with van der Waals surface area (Å²) in [7, 11) is 2.03. The second-order valence-electron chi connectivity index (χ2n) is 7.46. The third kappa shape index (κ3) is 2.85. The van der Waals surface area contributed by atoms with Crippen LogP contribution in [0, 0.1) is 5.41 Å². The smallest absolute Gasteiger partial charge is 0.223 e. The van der Waals surface area contributed by atoms with Crippen molar-refractivity contribution in [3.63, 3.8) is 0 Å². The van der Waals surface area contributed by atoms with Gasteiger partial charge in [0.05, 0.1) is 17.2 Å². The highest BCUT2D eigenvalue weighted by Crippen LogP contribution is 2.30. The van der Waals surface area contributed by atoms with E-state index in [0.717, 1.165) is 36.4 Å². The molecule has 0 aliphatic carbocycles. The van der Waals surface area contributed by atoms with Crippen molar-refractivity contribution in [2.45, 2.75) is 39.5 Å². The number of likely N-dealkylation sites (tertiary alicyclic amines) is 1. The van der Waals surface area contributed by atoms with Crippen LogP contribution in [0.5, 0.6) is 0 Å². The van der Waals surface area contributed by atoms with Crippen LogP contribution in [0.1, 0.15) is 45.4 Å². The Morgan fingerprint density at radius 2 is 2.18 bits per heavy atom. The van der Waals surface area contributed by atoms with Crippen molar-refractivity contribution in [2.75, 3.05) is 13.1 Å². The highest BCUT2D eigenvalue weighted by Gasteiger charge is 2.31. The summed E-state index contributed by atoms with van der Waals surface area (Å²) < 4.78 is 2.12. The number of hydrogen-bond donors (Lipinski definition) is 0. The first-order valence-corrected chi connectivity index (χ1v) is 7.89. The average molecular weight is 300 g/mol. The number of pyridine rings is 1. The third-order valence-corrected chi connectivity index (χ3v) is 4.31. The van der Waals surface area contributed by atoms with Gasteiger partial charge in [-0.1, -0.05) is 20.8 Å². The molecule has 22 heavy (non-hydrogen) atoms. The van der Waals surface area contributed by atoms with Crippen molar-refractivity contribution >= 4 is 16.9 Å². The molecule has 1 saturated heterocycles. The molecule has 0 aromatic carbocycles. The average Bonchev–Trinajstić information content (AvgIpc) is 3.03. The number of aryl methyl sites for hydroxylation is 1. The second kappa shape index (κ2) is 5.38. The van der Waals surface area contributed by atoms with Gasteiger partial charge in [0.25, 0.3) is 0 Å². The minimum atomic E-state index is 0.0404. The Balaban J connectivity index is 1.77. The van der Waals surface area contributed by atoms with Gasteiger partial charge in [-0.3, -0.25) is 9.78 Å². The molecule has 5 nitrogen and oxygen atoms in total. The lowest BCUT2D eigenvalue weighted by atomic mass is 9.92. The van der Waals surface area contributed by atoms with Crippen molar-refractivity contribution in [1.82, 2.24) is 19.4 Å². The number of carbonyl (C=O) groups is 1. The van der Waals surface area contributed by atoms with Crippen LogP contribution in [0.25, 0.3) is 11.0 Å². The zero-order valence-corrected chi connectivity index (χ0v) is 13.8. The molecule has 118 valence electrons. The first-order chi connectivity index (χ1) is 10.3. The largest absolute Gasteiger partial charge is 0.342 e. The van der Waals surface area contributed by atoms with E-state index in [0.29, 0.717) is 12.3 Å². The van der Waals surface area contributed by atoms with Gasteiger partial charge in [-0.05, 0) is 17.9 Å². The number of fused-ring (bicyclic) bond motifs is 1. The molecule has 1 aliphatic rings. The lowest BCUT2D eigenvalue weighted by Gasteiger charge is -2.23. The maximum atomic E-state index is 12.4. The van der Waals surface area contributed by atoms with Crippen molar-refractivity contribution in [3.05, 3.63) is 24.3 Å². The lowest BCUT2D eigenvalue weighted by Crippen LogP contribution is -2.31. The fourth-order valence-electron chi connectivity index (χ4n) is 3.18. The maximum Gasteiger partial charge on any atom is 0.223 e. The summed E-state index contributed by atoms with van der Waals surface area (Å²) in [5.74, 6) is 1.64. The van der Waals surface area contributed by atoms with Gasteiger partial charge in [-0.15, -0.1) is 0 Å². The summed E-state index contributed by atoms with van der Waals surface area (Å²) in [5, 5.41) is 0. The summed E-state index contributed by atoms with van der Waals surface area (Å²) >= 11 is 0. The summed E-state index contributed by atoms with van der Waals surface area (Å²) in [6.07, 6.45) is 5.21. The molecule has 0 bridgehead atoms. The van der Waals surface area contributed by atoms with Crippen LogP contribution in [0.2, 0.25) is 0 Å². The number of hydrogen-bond acceptors (Lipinski definition) is 3. The molecule has 1 unspecified atom stereocenters. The van der Waals surface area contributed by atoms with Gasteiger partial charge in [0.2, 0.25) is 5.91 Å². The summed E-state index contributed by atoms with van der Waals surface area (Å²) in [6, 6.07) is 1.94. The summed E-state index contributed by atoms with van der Waals surface area (Å²) in [5.41, 5.74) is 2.07. The molecule has 0 spiro atoms. The van der Waals surface area contributed by atoms with Crippen LogP contribution >= 0.6 is 0 Å². The van der Waals surface area contributed by atoms with Crippen molar-refractivity contribution in [3.8, 4) is 0 Å². The van der Waals surface area contributed by atoms with Gasteiger partial charge in [0.15, 0.2) is 0 Å². The van der Waals surface area contributed by atoms with Crippen molar-refractivity contribution in [1.29, 1.82) is 0 Å². The van der Waals surface area contributed by atoms with E-state index in [-0.39, 0.29) is 11.3 Å². The Labute approximate surface area is 131 Å². The molecule has 1 fully saturated rings. The number of imidazole rings is 1. The first-order valence-electron chi connectivity index (χ1n) is 7.89. The van der Waals surface area contributed by atoms with Crippen LogP contribution in [0.15, 0.2) is 18.5 Å². The van der Waals surface area contributed by atoms with Crippen LogP contribution in [0.3, 0.4) is 0 Å². The van der Waals surface area contributed by atoms with E-state index in [1.807, 2.05) is 24.2 Å². The predicted molar refractivity (Wildman–Crippen MR) is 86.5 cm³/mol. The van der Waals surface area contributed by atoms with Crippen LogP contribution < -0.4 is 0 Å². The fourth-order valence-corrected chi connectivity index (χ4v) is 3.18. The Kier molecular flexibility index (Phi) is 3.67. The molecule has 1 amide bonds. The van der Waals surface area contributed by atoms with E-state index in [2.05, 4.69) is 30.3 Å². The fraction of sp³-hybridized carbons (Fsp3) is 0.588. The molecule has 2 aromatic heterocycles. The van der Waals surface area contributed by atoms with Crippen LogP contribution in [-0.4, -0.2) is 38.4 Å². The lowest BCUT2D eigenvalue weighted by molar-refractivity contribution is -0.132. The third-order valence-electron chi connectivity index (χ3n) is 4.31. The molecule has 5 heteroatoms. The van der Waals surface area contributed by atoms with Crippen molar-refractivity contribution in [2.24, 2.45) is 12.5 Å². The number of rotatable bonds is 2. The minimum absolute atomic E-state index is 0.0404. The molecule has 3 rings (SSSR count). The highest BCUT2D eigenvalue weighted by atomic mass is 16.2. The Bertz CT molecular complexity index is 698. The predicted octanol–water partition coefficient (Wildman–Crippen LogP) is 2.72. The Morgan fingerprint density at radius 3 is 2.86 bits per heavy atom. The highest BCUT2D eigenvalue weighted by molar-refractivity contribution is 5.77. The Hall–Kier alpha value is -1.91. The van der Waals surface area contributed by atoms with Gasteiger partial charge >= 0.3 is 0 Å². The molecule has 3 heterocycles. The zero-order chi connectivity index (χ0) is 15.9. The summed E-state index contributed by atoms with van der Waals surface area (Å²) in [6.45, 7) is 7.94. The molecule has 2 aromatic rings. The molecule has 0 saturated carbocycles. The number of nitrogens with zero attached hydrogens (tertiary/aromatic N) is 4. The number of amides is 1. The standard InChI is InChI=1S/C17H24N4O/c1-17(2,3)9-15(22)21-8-6-12(11-21)16-19-13-5-7-18-10-14(13)20(16)4/h5,7,10,12H,6,8-9,11H2,1-4H3. The van der Waals surface area contributed by atoms with Crippen molar-refractivity contribution < 1.29 is 4.79 Å². The van der Waals surface area contributed by atoms with Gasteiger partial charge in [-0.25, -0.2) is 4.98 Å². The maximum absolute atomic E-state index is 12.4. The number of carbonyl (C=O) groups excluding carboxylic acids is 1. The van der Waals surface area contributed by atoms with Crippen LogP contribution in [0.4, 0.5) is 0 Å². The van der Waals surface area contributed by atoms with E-state index < -0.39 is 0 Å². The van der Waals surface area contributed by atoms with E-state index in [1.165, 1.54) is 0 Å². The van der Waals surface area contributed by atoms with Gasteiger partial charge in [0.1, 0.15) is 5.82 Å². The topological polar surface area (TPSA) is 51.0 Å². The SMILES string of the molecule is Cn1c(C2CCN(C(=O)CC(C)(C)C)C2)nc2ccncc21. The van der Waals surface area contributed by atoms with Crippen LogP contribution in [-0.2, 0) is 11.8 Å². The Morgan fingerprint density at radius 1 is 1.41 bits per heavy atom.